The molecule has 0 saturated heterocycles. The van der Waals surface area contributed by atoms with E-state index in [4.69, 9.17) is 4.98 Å². The number of hydrogen-bond donors (Lipinski definition) is 0. The average molecular weight is 741 g/mol. The molecule has 0 amide bonds. The summed E-state index contributed by atoms with van der Waals surface area (Å²) in [5.41, 5.74) is 14.4. The quantitative estimate of drug-likeness (QED) is 0.155. The molecule has 0 aliphatic heterocycles. The van der Waals surface area contributed by atoms with Crippen molar-refractivity contribution in [3.05, 3.63) is 218 Å². The third-order valence-electron chi connectivity index (χ3n) is 12.2. The van der Waals surface area contributed by atoms with Crippen LogP contribution in [0.1, 0.15) is 18.4 Å². The maximum atomic E-state index is 4.86. The molecule has 0 fully saturated rings. The van der Waals surface area contributed by atoms with Crippen LogP contribution >= 0.6 is 0 Å². The first kappa shape index (κ1) is 34.0. The zero-order valence-corrected chi connectivity index (χ0v) is 32.3. The molecule has 0 radical (unpaired) electrons. The Hall–Kier alpha value is -7.29. The molecular formula is C56H40N2. The van der Waals surface area contributed by atoms with E-state index in [1.54, 1.807) is 0 Å². The molecular weight excluding hydrogens is 701 g/mol. The first-order valence-corrected chi connectivity index (χ1v) is 20.3. The normalized spacial score (nSPS) is 15.2. The van der Waals surface area contributed by atoms with Gasteiger partial charge in [0.05, 0.1) is 5.52 Å². The third kappa shape index (κ3) is 5.52. The molecule has 2 unspecified atom stereocenters. The van der Waals surface area contributed by atoms with Gasteiger partial charge in [-0.15, -0.1) is 0 Å². The second kappa shape index (κ2) is 14.0. The summed E-state index contributed by atoms with van der Waals surface area (Å²) in [5.74, 6) is 0.670. The summed E-state index contributed by atoms with van der Waals surface area (Å²) in [5, 5.41) is 7.55. The fourth-order valence-corrected chi connectivity index (χ4v) is 9.52. The largest absolute Gasteiger partial charge is 0.294 e. The van der Waals surface area contributed by atoms with Crippen LogP contribution in [0.2, 0.25) is 0 Å². The molecule has 274 valence electrons. The van der Waals surface area contributed by atoms with Gasteiger partial charge in [-0.05, 0) is 120 Å². The highest BCUT2D eigenvalue weighted by atomic mass is 15.0. The first-order valence-electron chi connectivity index (χ1n) is 20.3. The van der Waals surface area contributed by atoms with E-state index in [2.05, 4.69) is 212 Å². The van der Waals surface area contributed by atoms with Crippen LogP contribution in [0.15, 0.2) is 212 Å². The number of benzene rings is 8. The Bertz CT molecular complexity index is 3240. The summed E-state index contributed by atoms with van der Waals surface area (Å²) in [6.45, 7) is 2.34. The van der Waals surface area contributed by atoms with Gasteiger partial charge in [0.25, 0.3) is 0 Å². The zero-order chi connectivity index (χ0) is 38.6. The zero-order valence-electron chi connectivity index (χ0n) is 32.3. The van der Waals surface area contributed by atoms with Crippen LogP contribution in [0.3, 0.4) is 0 Å². The molecule has 1 aliphatic carbocycles. The highest BCUT2D eigenvalue weighted by molar-refractivity contribution is 6.16. The van der Waals surface area contributed by atoms with E-state index in [1.165, 1.54) is 77.0 Å². The second-order valence-corrected chi connectivity index (χ2v) is 15.5. The van der Waals surface area contributed by atoms with Gasteiger partial charge in [0.1, 0.15) is 5.65 Å². The number of para-hydroxylation sites is 1. The number of rotatable bonds is 6. The highest BCUT2D eigenvalue weighted by Crippen LogP contribution is 2.47. The summed E-state index contributed by atoms with van der Waals surface area (Å²) < 4.78 is 2.27. The van der Waals surface area contributed by atoms with E-state index in [0.29, 0.717) is 5.92 Å². The summed E-state index contributed by atoms with van der Waals surface area (Å²) >= 11 is 0. The van der Waals surface area contributed by atoms with Crippen LogP contribution < -0.4 is 0 Å². The van der Waals surface area contributed by atoms with Crippen LogP contribution in [0.5, 0.6) is 0 Å². The van der Waals surface area contributed by atoms with Crippen molar-refractivity contribution in [2.45, 2.75) is 12.8 Å². The highest BCUT2D eigenvalue weighted by Gasteiger charge is 2.25. The summed E-state index contributed by atoms with van der Waals surface area (Å²) in [7, 11) is 0. The summed E-state index contributed by atoms with van der Waals surface area (Å²) in [6.07, 6.45) is 11.0. The Kier molecular flexibility index (Phi) is 8.22. The minimum atomic E-state index is 0.280. The monoisotopic (exact) mass is 740 g/mol. The van der Waals surface area contributed by atoms with Gasteiger partial charge in [-0.3, -0.25) is 4.57 Å². The molecule has 0 bridgehead atoms. The lowest BCUT2D eigenvalue weighted by Gasteiger charge is -2.26. The van der Waals surface area contributed by atoms with Crippen LogP contribution in [-0.4, -0.2) is 9.55 Å². The fourth-order valence-electron chi connectivity index (χ4n) is 9.52. The van der Waals surface area contributed by atoms with Gasteiger partial charge in [-0.1, -0.05) is 171 Å². The van der Waals surface area contributed by atoms with E-state index in [9.17, 15) is 0 Å². The van der Waals surface area contributed by atoms with Gasteiger partial charge in [0, 0.05) is 28.6 Å². The fraction of sp³-hybridized carbons (Fsp3) is 0.0536. The molecule has 0 spiro atoms. The second-order valence-electron chi connectivity index (χ2n) is 15.5. The van der Waals surface area contributed by atoms with E-state index in [0.717, 1.165) is 22.2 Å². The van der Waals surface area contributed by atoms with Crippen LogP contribution in [0.4, 0.5) is 0 Å². The maximum Gasteiger partial charge on any atom is 0.145 e. The molecule has 58 heavy (non-hydrogen) atoms. The van der Waals surface area contributed by atoms with E-state index in [1.807, 2.05) is 12.3 Å². The van der Waals surface area contributed by atoms with E-state index in [-0.39, 0.29) is 5.92 Å². The average Bonchev–Trinajstić information content (AvgIpc) is 3.62. The van der Waals surface area contributed by atoms with Crippen molar-refractivity contribution in [2.75, 3.05) is 0 Å². The number of pyridine rings is 1. The van der Waals surface area contributed by atoms with Gasteiger partial charge in [-0.25, -0.2) is 4.98 Å². The molecule has 2 atom stereocenters. The van der Waals surface area contributed by atoms with Crippen molar-refractivity contribution >= 4 is 43.5 Å². The smallest absolute Gasteiger partial charge is 0.145 e. The van der Waals surface area contributed by atoms with Gasteiger partial charge >= 0.3 is 0 Å². The predicted octanol–water partition coefficient (Wildman–Crippen LogP) is 15.0. The summed E-state index contributed by atoms with van der Waals surface area (Å²) in [4.78, 5) is 4.86. The molecule has 10 aromatic rings. The SMILES string of the molecule is CC1C=CC=CC1c1c2ccccc2c(-c2ccccc2)c2cc(-c3ccccc3-c3ccccc3-c3ccc4c(c3)c3cccnc3n4-c3ccccc3)ccc12. The van der Waals surface area contributed by atoms with Gasteiger partial charge < -0.3 is 0 Å². The minimum absolute atomic E-state index is 0.280. The number of aromatic nitrogens is 2. The lowest BCUT2D eigenvalue weighted by molar-refractivity contribution is 0.643. The Morgan fingerprint density at radius 3 is 1.72 bits per heavy atom. The number of nitrogens with zero attached hydrogens (tertiary/aromatic N) is 2. The van der Waals surface area contributed by atoms with Crippen molar-refractivity contribution in [3.63, 3.8) is 0 Å². The number of hydrogen-bond acceptors (Lipinski definition) is 1. The standard InChI is InChI=1S/C56H40N2/c1-37-17-8-9-22-42(37)55-48-28-15-14-27-47(48)54(38-18-4-2-5-19-38)52-36-39(30-32-49(52)55)43-23-10-12-25-45(43)46-26-13-11-24-44(46)40-31-33-53-51(35-40)50-29-16-34-57-56(50)58(53)41-20-6-3-7-21-41/h2-37,42H,1H3. The van der Waals surface area contributed by atoms with Gasteiger partial charge in [0.15, 0.2) is 0 Å². The molecule has 2 heteroatoms. The van der Waals surface area contributed by atoms with Gasteiger partial charge in [-0.2, -0.15) is 0 Å². The van der Waals surface area contributed by atoms with Crippen molar-refractivity contribution in [3.8, 4) is 50.2 Å². The van der Waals surface area contributed by atoms with Crippen molar-refractivity contribution in [2.24, 2.45) is 5.92 Å². The predicted molar refractivity (Wildman–Crippen MR) is 246 cm³/mol. The molecule has 0 N–H and O–H groups in total. The van der Waals surface area contributed by atoms with Crippen LogP contribution in [-0.2, 0) is 0 Å². The topological polar surface area (TPSA) is 17.8 Å². The molecule has 0 saturated carbocycles. The van der Waals surface area contributed by atoms with Crippen LogP contribution in [0.25, 0.3) is 93.7 Å². The van der Waals surface area contributed by atoms with Gasteiger partial charge in [0.2, 0.25) is 0 Å². The Morgan fingerprint density at radius 1 is 0.431 bits per heavy atom. The number of allylic oxidation sites excluding steroid dienone is 4. The number of fused-ring (bicyclic) bond motifs is 5. The lowest BCUT2D eigenvalue weighted by Crippen LogP contribution is -2.09. The molecule has 2 aromatic heterocycles. The lowest BCUT2D eigenvalue weighted by atomic mass is 9.77. The molecule has 8 aromatic carbocycles. The Morgan fingerprint density at radius 2 is 1.00 bits per heavy atom. The third-order valence-corrected chi connectivity index (χ3v) is 12.2. The molecule has 2 nitrogen and oxygen atoms in total. The minimum Gasteiger partial charge on any atom is -0.294 e. The van der Waals surface area contributed by atoms with E-state index >= 15 is 0 Å². The van der Waals surface area contributed by atoms with Crippen molar-refractivity contribution in [1.29, 1.82) is 0 Å². The maximum absolute atomic E-state index is 4.86. The van der Waals surface area contributed by atoms with E-state index < -0.39 is 0 Å². The van der Waals surface area contributed by atoms with Crippen molar-refractivity contribution in [1.82, 2.24) is 9.55 Å². The summed E-state index contributed by atoms with van der Waals surface area (Å²) in [6, 6.07) is 66.6. The Balaban J connectivity index is 1.11. The molecule has 2 heterocycles. The first-order chi connectivity index (χ1) is 28.7. The molecule has 11 rings (SSSR count). The molecule has 1 aliphatic rings. The Labute approximate surface area is 338 Å². The van der Waals surface area contributed by atoms with Crippen molar-refractivity contribution < 1.29 is 0 Å². The van der Waals surface area contributed by atoms with Crippen LogP contribution in [0, 0.1) is 5.92 Å².